The number of amides is 1. The second kappa shape index (κ2) is 14.4. The second-order valence-electron chi connectivity index (χ2n) is 12.8. The number of thioether (sulfide) groups is 1. The molecule has 6 rings (SSSR count). The molecule has 0 unspecified atom stereocenters. The van der Waals surface area contributed by atoms with Crippen molar-refractivity contribution in [2.45, 2.75) is 68.5 Å². The zero-order chi connectivity index (χ0) is 33.0. The van der Waals surface area contributed by atoms with Crippen molar-refractivity contribution in [3.8, 4) is 0 Å². The minimum Gasteiger partial charge on any atom is -0.444 e. The average Bonchev–Trinajstić information content (AvgIpc) is 3.74. The van der Waals surface area contributed by atoms with E-state index in [1.165, 1.54) is 15.9 Å². The highest BCUT2D eigenvalue weighted by molar-refractivity contribution is 8.00. The summed E-state index contributed by atoms with van der Waals surface area (Å²) in [5, 5.41) is 4.04. The Bertz CT molecular complexity index is 1950. The summed E-state index contributed by atoms with van der Waals surface area (Å²) in [7, 11) is 0. The number of oxazole rings is 1. The Morgan fingerprint density at radius 2 is 1.79 bits per heavy atom. The van der Waals surface area contributed by atoms with Crippen LogP contribution in [0.2, 0.25) is 0 Å². The Morgan fingerprint density at radius 3 is 2.53 bits per heavy atom. The number of aryl methyl sites for hydroxylation is 1. The predicted octanol–water partition coefficient (Wildman–Crippen LogP) is 5.38. The van der Waals surface area contributed by atoms with Gasteiger partial charge in [0.15, 0.2) is 5.13 Å². The molecule has 1 aliphatic rings. The first kappa shape index (κ1) is 32.9. The van der Waals surface area contributed by atoms with Gasteiger partial charge < -0.3 is 14.6 Å². The number of piperidine rings is 1. The zero-order valence-corrected chi connectivity index (χ0v) is 28.5. The van der Waals surface area contributed by atoms with E-state index in [1.54, 1.807) is 47.1 Å². The number of nitrogens with one attached hydrogen (secondary N) is 1. The number of pyridine rings is 1. The molecule has 0 aliphatic carbocycles. The van der Waals surface area contributed by atoms with Crippen LogP contribution in [0.3, 0.4) is 0 Å². The van der Waals surface area contributed by atoms with Crippen molar-refractivity contribution in [3.63, 3.8) is 0 Å². The van der Waals surface area contributed by atoms with E-state index in [-0.39, 0.29) is 35.0 Å². The van der Waals surface area contributed by atoms with Gasteiger partial charge in [-0.05, 0) is 56.6 Å². The number of carbonyl (C=O) groups excluding carboxylic acids is 1. The molecular weight excluding hydrogens is 635 g/mol. The lowest BCUT2D eigenvalue weighted by Crippen LogP contribution is -2.41. The van der Waals surface area contributed by atoms with Crippen LogP contribution in [0.5, 0.6) is 0 Å². The van der Waals surface area contributed by atoms with Crippen LogP contribution in [0.25, 0.3) is 11.0 Å². The number of fused-ring (bicyclic) bond motifs is 1. The highest BCUT2D eigenvalue weighted by Gasteiger charge is 2.26. The van der Waals surface area contributed by atoms with Gasteiger partial charge in [-0.1, -0.05) is 62.4 Å². The molecule has 11 nitrogen and oxygen atoms in total. The van der Waals surface area contributed by atoms with Crippen molar-refractivity contribution in [2.75, 3.05) is 25.0 Å². The van der Waals surface area contributed by atoms with E-state index < -0.39 is 0 Å². The number of thiazole rings is 1. The van der Waals surface area contributed by atoms with Gasteiger partial charge in [-0.15, -0.1) is 11.8 Å². The number of aromatic nitrogens is 5. The number of likely N-dealkylation sites (tertiary alicyclic amines) is 1. The van der Waals surface area contributed by atoms with Crippen LogP contribution in [-0.4, -0.2) is 54.5 Å². The zero-order valence-electron chi connectivity index (χ0n) is 26.8. The van der Waals surface area contributed by atoms with Crippen LogP contribution in [-0.2, 0) is 29.1 Å². The molecule has 246 valence electrons. The van der Waals surface area contributed by atoms with Crippen molar-refractivity contribution < 1.29 is 9.21 Å². The van der Waals surface area contributed by atoms with Gasteiger partial charge in [0.25, 0.3) is 5.56 Å². The molecule has 1 amide bonds. The molecule has 13 heteroatoms. The summed E-state index contributed by atoms with van der Waals surface area (Å²) in [5.41, 5.74) is 0.544. The minimum atomic E-state index is -0.350. The van der Waals surface area contributed by atoms with Crippen molar-refractivity contribution >= 4 is 45.2 Å². The first-order valence-electron chi connectivity index (χ1n) is 15.8. The van der Waals surface area contributed by atoms with E-state index in [1.807, 2.05) is 30.3 Å². The fourth-order valence-electron chi connectivity index (χ4n) is 5.67. The monoisotopic (exact) mass is 673 g/mol. The summed E-state index contributed by atoms with van der Waals surface area (Å²) >= 11 is 3.05. The Balaban J connectivity index is 0.990. The number of hydrogen-bond acceptors (Lipinski definition) is 10. The quantitative estimate of drug-likeness (QED) is 0.184. The number of anilines is 1. The number of benzene rings is 1. The highest BCUT2D eigenvalue weighted by Crippen LogP contribution is 2.32. The maximum atomic E-state index is 13.5. The Labute approximate surface area is 281 Å². The van der Waals surface area contributed by atoms with E-state index in [0.717, 1.165) is 54.4 Å². The Kier molecular flexibility index (Phi) is 10.0. The number of carbonyl (C=O) groups is 1. The molecule has 0 radical (unpaired) electrons. The molecular formula is C34H39N7O4S2. The van der Waals surface area contributed by atoms with Crippen LogP contribution in [0.1, 0.15) is 57.2 Å². The highest BCUT2D eigenvalue weighted by atomic mass is 32.2. The molecule has 1 fully saturated rings. The molecule has 1 N–H and O–H groups in total. The minimum absolute atomic E-state index is 0.00263. The van der Waals surface area contributed by atoms with Gasteiger partial charge in [-0.3, -0.25) is 18.7 Å². The summed E-state index contributed by atoms with van der Waals surface area (Å²) in [6.45, 7) is 9.30. The molecule has 0 spiro atoms. The van der Waals surface area contributed by atoms with Gasteiger partial charge in [0.2, 0.25) is 11.8 Å². The smallest absolute Gasteiger partial charge is 0.332 e. The van der Waals surface area contributed by atoms with Crippen molar-refractivity contribution in [1.29, 1.82) is 0 Å². The van der Waals surface area contributed by atoms with Crippen molar-refractivity contribution in [1.82, 2.24) is 29.0 Å². The van der Waals surface area contributed by atoms with E-state index in [4.69, 9.17) is 4.42 Å². The largest absolute Gasteiger partial charge is 0.444 e. The topological polar surface area (TPSA) is 128 Å². The summed E-state index contributed by atoms with van der Waals surface area (Å²) in [5.74, 6) is 2.06. The third-order valence-corrected chi connectivity index (χ3v) is 10.4. The number of rotatable bonds is 11. The molecule has 0 atom stereocenters. The molecule has 1 saturated heterocycles. The van der Waals surface area contributed by atoms with Crippen LogP contribution in [0, 0.1) is 5.92 Å². The molecule has 0 saturated carbocycles. The van der Waals surface area contributed by atoms with E-state index in [2.05, 4.69) is 45.9 Å². The number of nitrogens with zero attached hydrogens (tertiary/aromatic N) is 6. The first-order chi connectivity index (χ1) is 22.7. The maximum Gasteiger partial charge on any atom is 0.332 e. The normalized spacial score (nSPS) is 14.5. The lowest BCUT2D eigenvalue weighted by atomic mass is 9.94. The second-order valence-corrected chi connectivity index (χ2v) is 15.1. The van der Waals surface area contributed by atoms with E-state index >= 15 is 0 Å². The van der Waals surface area contributed by atoms with Gasteiger partial charge in [-0.2, -0.15) is 0 Å². The average molecular weight is 674 g/mol. The predicted molar refractivity (Wildman–Crippen MR) is 185 cm³/mol. The van der Waals surface area contributed by atoms with Crippen LogP contribution in [0.4, 0.5) is 5.13 Å². The lowest BCUT2D eigenvalue weighted by Gasteiger charge is -2.31. The summed E-state index contributed by atoms with van der Waals surface area (Å²) in [4.78, 5) is 55.3. The molecule has 1 aromatic carbocycles. The molecule has 1 aliphatic heterocycles. The van der Waals surface area contributed by atoms with Gasteiger partial charge in [-0.25, -0.2) is 19.7 Å². The molecule has 5 aromatic rings. The summed E-state index contributed by atoms with van der Waals surface area (Å²) in [6, 6.07) is 13.0. The van der Waals surface area contributed by atoms with Crippen LogP contribution < -0.4 is 16.6 Å². The van der Waals surface area contributed by atoms with Crippen LogP contribution in [0.15, 0.2) is 79.3 Å². The molecule has 47 heavy (non-hydrogen) atoms. The third kappa shape index (κ3) is 7.91. The lowest BCUT2D eigenvalue weighted by molar-refractivity contribution is -0.121. The van der Waals surface area contributed by atoms with Gasteiger partial charge >= 0.3 is 5.69 Å². The van der Waals surface area contributed by atoms with E-state index in [0.29, 0.717) is 34.4 Å². The first-order valence-corrected chi connectivity index (χ1v) is 17.7. The summed E-state index contributed by atoms with van der Waals surface area (Å²) in [6.07, 6.45) is 7.41. The Morgan fingerprint density at radius 1 is 1.00 bits per heavy atom. The molecule has 5 heterocycles. The van der Waals surface area contributed by atoms with Gasteiger partial charge in [0, 0.05) is 24.1 Å². The third-order valence-electron chi connectivity index (χ3n) is 8.32. The molecule has 0 bridgehead atoms. The fraction of sp³-hybridized carbons (Fsp3) is 0.412. The van der Waals surface area contributed by atoms with E-state index in [9.17, 15) is 14.4 Å². The number of hydrogen-bond donors (Lipinski definition) is 1. The molecule has 4 aromatic heterocycles. The van der Waals surface area contributed by atoms with Crippen molar-refractivity contribution in [3.05, 3.63) is 99.1 Å². The van der Waals surface area contributed by atoms with Gasteiger partial charge in [0.1, 0.15) is 11.4 Å². The maximum absolute atomic E-state index is 13.5. The standard InChI is InChI=1S/C34H39N7O4S2/c1-34(2,3)26-19-36-27(45-26)22-46-28-20-37-32(47-28)38-30(42)24-12-17-39(18-13-24)15-8-16-40-29-25(11-7-14-35-29)31(43)41(33(40)44)21-23-9-5-4-6-10-23/h4-7,9-11,14,19-20,24H,8,12-13,15-18,21-22H2,1-3H3,(H,37,38,42). The van der Waals surface area contributed by atoms with Crippen molar-refractivity contribution in [2.24, 2.45) is 5.92 Å². The fourth-order valence-corrected chi connectivity index (χ4v) is 7.40. The Hall–Kier alpha value is -4.07. The van der Waals surface area contributed by atoms with Gasteiger partial charge in [0.05, 0.1) is 34.3 Å². The summed E-state index contributed by atoms with van der Waals surface area (Å²) < 4.78 is 9.78. The van der Waals surface area contributed by atoms with Crippen LogP contribution >= 0.6 is 23.1 Å². The SMILES string of the molecule is CC(C)(C)c1cnc(CSc2cnc(NC(=O)C3CCN(CCCn4c(=O)n(Cc5ccccc5)c(=O)c5cccnc54)CC3)s2)o1.